The SMILES string of the molecule is CCCCCCCCCCCCCCCCOC(C)C(CCCCCCC)OCCC[N+](C)(C)C.[Cl-]. The average molecular weight is 534 g/mol. The smallest absolute Gasteiger partial charge is 0.0833 e. The second kappa shape index (κ2) is 28.2. The minimum atomic E-state index is 0. The van der Waals surface area contributed by atoms with Crippen LogP contribution in [0.1, 0.15) is 156 Å². The molecule has 0 aliphatic heterocycles. The van der Waals surface area contributed by atoms with Crippen LogP contribution in [-0.2, 0) is 9.47 Å². The molecule has 0 bridgehead atoms. The van der Waals surface area contributed by atoms with Gasteiger partial charge in [0.2, 0.25) is 0 Å². The predicted octanol–water partition coefficient (Wildman–Crippen LogP) is 6.72. The lowest BCUT2D eigenvalue weighted by Crippen LogP contribution is -3.00. The Hall–Kier alpha value is 0.170. The summed E-state index contributed by atoms with van der Waals surface area (Å²) in [5.74, 6) is 0. The number of ether oxygens (including phenoxy) is 2. The summed E-state index contributed by atoms with van der Waals surface area (Å²) in [5, 5.41) is 0. The van der Waals surface area contributed by atoms with E-state index in [2.05, 4.69) is 41.9 Å². The van der Waals surface area contributed by atoms with Gasteiger partial charge in [-0.05, 0) is 19.8 Å². The van der Waals surface area contributed by atoms with Crippen LogP contribution in [0.4, 0.5) is 0 Å². The maximum absolute atomic E-state index is 6.35. The highest BCUT2D eigenvalue weighted by Gasteiger charge is 2.19. The highest BCUT2D eigenvalue weighted by Crippen LogP contribution is 2.17. The minimum absolute atomic E-state index is 0. The molecule has 4 heteroatoms. The van der Waals surface area contributed by atoms with Crippen molar-refractivity contribution in [3.05, 3.63) is 0 Å². The molecule has 0 aromatic rings. The van der Waals surface area contributed by atoms with Gasteiger partial charge in [0.1, 0.15) is 0 Å². The van der Waals surface area contributed by atoms with E-state index in [0.29, 0.717) is 0 Å². The standard InChI is InChI=1S/C32H68NO2.ClH/c1-7-9-11-13-14-15-16-17-18-19-20-21-23-25-29-34-31(3)32(27-24-22-12-10-8-2)35-30-26-28-33(4,5)6;/h31-32H,7-30H2,1-6H3;1H/q+1;/p-1. The monoisotopic (exact) mass is 533 g/mol. The molecule has 0 spiro atoms. The number of hydrogen-bond donors (Lipinski definition) is 0. The number of unbranched alkanes of at least 4 members (excludes halogenated alkanes) is 17. The van der Waals surface area contributed by atoms with E-state index in [1.54, 1.807) is 0 Å². The zero-order valence-corrected chi connectivity index (χ0v) is 26.5. The first kappa shape index (κ1) is 38.3. The zero-order valence-electron chi connectivity index (χ0n) is 25.8. The summed E-state index contributed by atoms with van der Waals surface area (Å²) in [5.41, 5.74) is 0. The Balaban J connectivity index is 0. The number of hydrogen-bond acceptors (Lipinski definition) is 2. The summed E-state index contributed by atoms with van der Waals surface area (Å²) in [4.78, 5) is 0. The van der Waals surface area contributed by atoms with Gasteiger partial charge in [-0.15, -0.1) is 0 Å². The fourth-order valence-electron chi connectivity index (χ4n) is 4.85. The molecule has 36 heavy (non-hydrogen) atoms. The molecule has 3 nitrogen and oxygen atoms in total. The molecule has 0 N–H and O–H groups in total. The molecule has 0 radical (unpaired) electrons. The predicted molar refractivity (Wildman–Crippen MR) is 156 cm³/mol. The van der Waals surface area contributed by atoms with Crippen LogP contribution >= 0.6 is 0 Å². The van der Waals surface area contributed by atoms with Gasteiger partial charge in [0.05, 0.1) is 46.5 Å². The van der Waals surface area contributed by atoms with Crippen molar-refractivity contribution < 1.29 is 26.4 Å². The molecule has 0 aromatic heterocycles. The van der Waals surface area contributed by atoms with Gasteiger partial charge >= 0.3 is 0 Å². The summed E-state index contributed by atoms with van der Waals surface area (Å²) in [6.07, 6.45) is 29.0. The number of halogens is 1. The van der Waals surface area contributed by atoms with Crippen molar-refractivity contribution in [2.75, 3.05) is 40.9 Å². The number of nitrogens with zero attached hydrogens (tertiary/aromatic N) is 1. The minimum Gasteiger partial charge on any atom is -1.00 e. The molecule has 0 aliphatic rings. The normalized spacial score (nSPS) is 13.5. The van der Waals surface area contributed by atoms with Crippen LogP contribution in [0, 0.1) is 0 Å². The van der Waals surface area contributed by atoms with Crippen molar-refractivity contribution in [1.29, 1.82) is 0 Å². The van der Waals surface area contributed by atoms with Crippen LogP contribution in [0.15, 0.2) is 0 Å². The lowest BCUT2D eigenvalue weighted by molar-refractivity contribution is -0.870. The van der Waals surface area contributed by atoms with Crippen molar-refractivity contribution >= 4 is 0 Å². The molecule has 2 unspecified atom stereocenters. The summed E-state index contributed by atoms with van der Waals surface area (Å²) in [6.45, 7) is 9.74. The Morgan fingerprint density at radius 2 is 0.889 bits per heavy atom. The maximum atomic E-state index is 6.35. The van der Waals surface area contributed by atoms with E-state index in [1.165, 1.54) is 122 Å². The van der Waals surface area contributed by atoms with Gasteiger partial charge in [0.25, 0.3) is 0 Å². The molecule has 0 rings (SSSR count). The van der Waals surface area contributed by atoms with E-state index in [4.69, 9.17) is 9.47 Å². The number of rotatable bonds is 28. The molecule has 0 saturated heterocycles. The Morgan fingerprint density at radius 3 is 1.33 bits per heavy atom. The second-order valence-corrected chi connectivity index (χ2v) is 12.2. The van der Waals surface area contributed by atoms with Gasteiger partial charge in [-0.25, -0.2) is 0 Å². The molecular weight excluding hydrogens is 466 g/mol. The Labute approximate surface area is 234 Å². The molecule has 0 aromatic carbocycles. The Morgan fingerprint density at radius 1 is 0.500 bits per heavy atom. The fraction of sp³-hybridized carbons (Fsp3) is 1.00. The van der Waals surface area contributed by atoms with Gasteiger partial charge in [-0.1, -0.05) is 129 Å². The summed E-state index contributed by atoms with van der Waals surface area (Å²) in [6, 6.07) is 0. The van der Waals surface area contributed by atoms with E-state index >= 15 is 0 Å². The molecule has 0 saturated carbocycles. The topological polar surface area (TPSA) is 18.5 Å². The van der Waals surface area contributed by atoms with Crippen molar-refractivity contribution in [1.82, 2.24) is 0 Å². The van der Waals surface area contributed by atoms with Crippen LogP contribution in [0.5, 0.6) is 0 Å². The molecule has 2 atom stereocenters. The third-order valence-corrected chi connectivity index (χ3v) is 7.30. The van der Waals surface area contributed by atoms with Crippen molar-refractivity contribution in [3.8, 4) is 0 Å². The summed E-state index contributed by atoms with van der Waals surface area (Å²) >= 11 is 0. The third-order valence-electron chi connectivity index (χ3n) is 7.30. The highest BCUT2D eigenvalue weighted by atomic mass is 35.5. The third kappa shape index (κ3) is 28.7. The molecule has 0 fully saturated rings. The van der Waals surface area contributed by atoms with E-state index in [0.717, 1.165) is 37.1 Å². The van der Waals surface area contributed by atoms with Gasteiger partial charge in [-0.3, -0.25) is 0 Å². The quantitative estimate of drug-likeness (QED) is 0.0820. The summed E-state index contributed by atoms with van der Waals surface area (Å²) < 4.78 is 13.6. The van der Waals surface area contributed by atoms with Crippen molar-refractivity contribution in [2.45, 2.75) is 168 Å². The Bertz CT molecular complexity index is 413. The van der Waals surface area contributed by atoms with Crippen molar-refractivity contribution in [2.24, 2.45) is 0 Å². The lowest BCUT2D eigenvalue weighted by atomic mass is 10.0. The van der Waals surface area contributed by atoms with E-state index in [-0.39, 0.29) is 24.6 Å². The zero-order chi connectivity index (χ0) is 26.0. The molecule has 220 valence electrons. The lowest BCUT2D eigenvalue weighted by Gasteiger charge is -2.27. The van der Waals surface area contributed by atoms with Gasteiger partial charge in [0, 0.05) is 13.0 Å². The van der Waals surface area contributed by atoms with Gasteiger partial charge in [0.15, 0.2) is 0 Å². The van der Waals surface area contributed by atoms with Gasteiger partial charge < -0.3 is 26.4 Å². The molecule has 0 aliphatic carbocycles. The van der Waals surface area contributed by atoms with Crippen LogP contribution in [-0.4, -0.2) is 57.6 Å². The number of quaternary nitrogens is 1. The van der Waals surface area contributed by atoms with Crippen molar-refractivity contribution in [3.63, 3.8) is 0 Å². The van der Waals surface area contributed by atoms with Crippen LogP contribution < -0.4 is 12.4 Å². The summed E-state index contributed by atoms with van der Waals surface area (Å²) in [7, 11) is 6.77. The van der Waals surface area contributed by atoms with Gasteiger partial charge in [-0.2, -0.15) is 0 Å². The largest absolute Gasteiger partial charge is 1.00 e. The Kier molecular flexibility index (Phi) is 30.0. The first-order valence-corrected chi connectivity index (χ1v) is 15.9. The van der Waals surface area contributed by atoms with E-state index < -0.39 is 0 Å². The van der Waals surface area contributed by atoms with E-state index in [1.807, 2.05) is 0 Å². The first-order valence-electron chi connectivity index (χ1n) is 15.9. The van der Waals surface area contributed by atoms with Crippen LogP contribution in [0.2, 0.25) is 0 Å². The second-order valence-electron chi connectivity index (χ2n) is 12.2. The fourth-order valence-corrected chi connectivity index (χ4v) is 4.85. The maximum Gasteiger partial charge on any atom is 0.0833 e. The highest BCUT2D eigenvalue weighted by molar-refractivity contribution is 4.67. The molecular formula is C32H68ClNO2. The molecule has 0 amide bonds. The van der Waals surface area contributed by atoms with E-state index in [9.17, 15) is 0 Å². The first-order chi connectivity index (χ1) is 16.9. The molecule has 0 heterocycles. The average Bonchev–Trinajstić information content (AvgIpc) is 2.82. The van der Waals surface area contributed by atoms with Crippen LogP contribution in [0.25, 0.3) is 0 Å². The van der Waals surface area contributed by atoms with Crippen LogP contribution in [0.3, 0.4) is 0 Å².